The molecule has 1 aromatic carbocycles. The molecule has 0 saturated carbocycles. The third kappa shape index (κ3) is 5.56. The van der Waals surface area contributed by atoms with Crippen molar-refractivity contribution < 1.29 is 8.85 Å². The monoisotopic (exact) mass is 318 g/mol. The van der Waals surface area contributed by atoms with E-state index in [2.05, 4.69) is 58.1 Å². The van der Waals surface area contributed by atoms with E-state index in [1.54, 1.807) is 0 Å². The molecule has 122 valence electrons. The molecule has 0 bridgehead atoms. The summed E-state index contributed by atoms with van der Waals surface area (Å²) in [5, 5.41) is 0. The second kappa shape index (κ2) is 9.77. The summed E-state index contributed by atoms with van der Waals surface area (Å²) in [7, 11) is -2.23. The van der Waals surface area contributed by atoms with Crippen molar-refractivity contribution in [3.63, 3.8) is 0 Å². The van der Waals surface area contributed by atoms with Crippen molar-refractivity contribution in [1.29, 1.82) is 0 Å². The first-order valence-corrected chi connectivity index (χ1v) is 10.1. The molecular weight excluding hydrogens is 288 g/mol. The van der Waals surface area contributed by atoms with Crippen LogP contribution in [-0.2, 0) is 8.85 Å². The molecule has 3 heteroatoms. The summed E-state index contributed by atoms with van der Waals surface area (Å²) in [4.78, 5) is 0. The van der Waals surface area contributed by atoms with Gasteiger partial charge in [0.15, 0.2) is 0 Å². The van der Waals surface area contributed by atoms with E-state index < -0.39 is 8.56 Å². The van der Waals surface area contributed by atoms with E-state index >= 15 is 0 Å². The van der Waals surface area contributed by atoms with Gasteiger partial charge in [-0.05, 0) is 23.6 Å². The normalized spacial score (nSPS) is 13.0. The molecule has 22 heavy (non-hydrogen) atoms. The Balaban J connectivity index is 2.69. The highest BCUT2D eigenvalue weighted by Crippen LogP contribution is 2.34. The largest absolute Gasteiger partial charge is 0.390 e. The maximum atomic E-state index is 6.32. The quantitative estimate of drug-likeness (QED) is 0.437. The van der Waals surface area contributed by atoms with Crippen molar-refractivity contribution in [1.82, 2.24) is 0 Å². The van der Waals surface area contributed by atoms with Gasteiger partial charge in [-0.3, -0.25) is 0 Å². The number of allylic oxidation sites excluding steroid dienone is 1. The molecule has 1 aromatic rings. The van der Waals surface area contributed by atoms with Gasteiger partial charge in [0.1, 0.15) is 0 Å². The molecule has 0 heterocycles. The Labute approximate surface area is 137 Å². The van der Waals surface area contributed by atoms with E-state index in [1.807, 2.05) is 31.2 Å². The minimum Gasteiger partial charge on any atom is -0.390 e. The van der Waals surface area contributed by atoms with Gasteiger partial charge in [0.2, 0.25) is 0 Å². The Hall–Kier alpha value is -1.16. The zero-order valence-corrected chi connectivity index (χ0v) is 15.6. The van der Waals surface area contributed by atoms with Crippen molar-refractivity contribution in [2.75, 3.05) is 13.2 Å². The second-order valence-electron chi connectivity index (χ2n) is 6.03. The predicted octanol–water partition coefficient (Wildman–Crippen LogP) is 5.57. The highest BCUT2D eigenvalue weighted by Gasteiger charge is 2.44. The molecule has 0 saturated heterocycles. The lowest BCUT2D eigenvalue weighted by atomic mass is 10.2. The summed E-state index contributed by atoms with van der Waals surface area (Å²) in [5.41, 5.74) is 2.04. The lowest BCUT2D eigenvalue weighted by Crippen LogP contribution is -2.48. The average Bonchev–Trinajstić information content (AvgIpc) is 2.50. The summed E-state index contributed by atoms with van der Waals surface area (Å²) in [5.74, 6) is 0. The van der Waals surface area contributed by atoms with Gasteiger partial charge in [0.05, 0.1) is 13.2 Å². The standard InChI is InChI=1S/C19H30O2Si/c1-6-7-15-20-22(17(2)3,18(4)5)21-16-11-14-19-12-9-8-10-13-19/h6-14,17-18H,15-16H2,1-5H3/b7-6+,14-11+. The number of hydrogen-bond donors (Lipinski definition) is 0. The number of benzene rings is 1. The fourth-order valence-corrected chi connectivity index (χ4v) is 6.04. The number of rotatable bonds is 9. The van der Waals surface area contributed by atoms with Crippen molar-refractivity contribution in [2.45, 2.75) is 45.7 Å². The Morgan fingerprint density at radius 1 is 0.909 bits per heavy atom. The zero-order chi connectivity index (χ0) is 16.4. The average molecular weight is 319 g/mol. The second-order valence-corrected chi connectivity index (χ2v) is 10.4. The van der Waals surface area contributed by atoms with Crippen LogP contribution < -0.4 is 0 Å². The van der Waals surface area contributed by atoms with Gasteiger partial charge in [-0.15, -0.1) is 0 Å². The van der Waals surface area contributed by atoms with Gasteiger partial charge in [0.25, 0.3) is 0 Å². The van der Waals surface area contributed by atoms with Crippen LogP contribution in [0.4, 0.5) is 0 Å². The summed E-state index contributed by atoms with van der Waals surface area (Å²) >= 11 is 0. The summed E-state index contributed by atoms with van der Waals surface area (Å²) in [6.45, 7) is 12.1. The first kappa shape index (κ1) is 18.9. The van der Waals surface area contributed by atoms with Gasteiger partial charge >= 0.3 is 8.56 Å². The SMILES string of the molecule is C/C=C/CO[Si](OC/C=C/c1ccccc1)(C(C)C)C(C)C. The fourth-order valence-electron chi connectivity index (χ4n) is 2.58. The smallest absolute Gasteiger partial charge is 0.343 e. The maximum absolute atomic E-state index is 6.32. The Morgan fingerprint density at radius 3 is 1.95 bits per heavy atom. The molecule has 0 unspecified atom stereocenters. The molecule has 0 fully saturated rings. The van der Waals surface area contributed by atoms with Crippen LogP contribution in [0, 0.1) is 0 Å². The van der Waals surface area contributed by atoms with Gasteiger partial charge in [-0.2, -0.15) is 0 Å². The number of hydrogen-bond acceptors (Lipinski definition) is 2. The lowest BCUT2D eigenvalue weighted by molar-refractivity contribution is 0.184. The van der Waals surface area contributed by atoms with Crippen LogP contribution in [0.1, 0.15) is 40.2 Å². The van der Waals surface area contributed by atoms with Crippen LogP contribution in [0.25, 0.3) is 6.08 Å². The highest BCUT2D eigenvalue weighted by molar-refractivity contribution is 6.70. The highest BCUT2D eigenvalue weighted by atomic mass is 28.4. The molecule has 0 aliphatic rings. The minimum atomic E-state index is -2.23. The minimum absolute atomic E-state index is 0.419. The Bertz CT molecular complexity index is 456. The molecule has 1 rings (SSSR count). The molecule has 2 nitrogen and oxygen atoms in total. The summed E-state index contributed by atoms with van der Waals surface area (Å²) < 4.78 is 12.6. The third-order valence-corrected chi connectivity index (χ3v) is 8.22. The van der Waals surface area contributed by atoms with Crippen LogP contribution in [0.2, 0.25) is 11.1 Å². The van der Waals surface area contributed by atoms with Gasteiger partial charge in [0, 0.05) is 0 Å². The van der Waals surface area contributed by atoms with E-state index in [0.717, 1.165) is 0 Å². The molecule has 0 aliphatic carbocycles. The van der Waals surface area contributed by atoms with Gasteiger partial charge < -0.3 is 8.85 Å². The molecule has 0 radical (unpaired) electrons. The van der Waals surface area contributed by atoms with Crippen LogP contribution in [0.15, 0.2) is 48.6 Å². The van der Waals surface area contributed by atoms with E-state index in [1.165, 1.54) is 5.56 Å². The fraction of sp³-hybridized carbons (Fsp3) is 0.474. The molecule has 0 aliphatic heterocycles. The summed E-state index contributed by atoms with van der Waals surface area (Å²) in [6.07, 6.45) is 8.26. The molecule has 0 atom stereocenters. The first-order valence-electron chi connectivity index (χ1n) is 8.13. The van der Waals surface area contributed by atoms with Crippen LogP contribution in [-0.4, -0.2) is 21.8 Å². The van der Waals surface area contributed by atoms with E-state index in [9.17, 15) is 0 Å². The first-order chi connectivity index (χ1) is 10.5. The van der Waals surface area contributed by atoms with Gasteiger partial charge in [-0.25, -0.2) is 0 Å². The predicted molar refractivity (Wildman–Crippen MR) is 98.1 cm³/mol. The van der Waals surface area contributed by atoms with Crippen molar-refractivity contribution in [2.24, 2.45) is 0 Å². The lowest BCUT2D eigenvalue weighted by Gasteiger charge is -2.36. The van der Waals surface area contributed by atoms with Crippen LogP contribution in [0.3, 0.4) is 0 Å². The van der Waals surface area contributed by atoms with Crippen molar-refractivity contribution in [3.8, 4) is 0 Å². The Morgan fingerprint density at radius 2 is 1.45 bits per heavy atom. The third-order valence-electron chi connectivity index (χ3n) is 3.77. The molecule has 0 amide bonds. The van der Waals surface area contributed by atoms with Crippen LogP contribution >= 0.6 is 0 Å². The molecule has 0 spiro atoms. The topological polar surface area (TPSA) is 18.5 Å². The molecular formula is C19H30O2Si. The van der Waals surface area contributed by atoms with Crippen LogP contribution in [0.5, 0.6) is 0 Å². The summed E-state index contributed by atoms with van der Waals surface area (Å²) in [6, 6.07) is 10.3. The van der Waals surface area contributed by atoms with E-state index in [4.69, 9.17) is 8.85 Å². The van der Waals surface area contributed by atoms with Gasteiger partial charge in [-0.1, -0.05) is 82.3 Å². The zero-order valence-electron chi connectivity index (χ0n) is 14.6. The Kier molecular flexibility index (Phi) is 8.39. The molecule has 0 N–H and O–H groups in total. The van der Waals surface area contributed by atoms with E-state index in [-0.39, 0.29) is 0 Å². The van der Waals surface area contributed by atoms with Crippen molar-refractivity contribution >= 4 is 14.6 Å². The van der Waals surface area contributed by atoms with E-state index in [0.29, 0.717) is 24.3 Å². The molecule has 0 aromatic heterocycles. The maximum Gasteiger partial charge on any atom is 0.343 e. The van der Waals surface area contributed by atoms with Crippen molar-refractivity contribution in [3.05, 3.63) is 54.1 Å².